The van der Waals surface area contributed by atoms with Gasteiger partial charge in [-0.05, 0) is 36.4 Å². The number of anilines is 2. The lowest BCUT2D eigenvalue weighted by molar-refractivity contribution is 0.628. The summed E-state index contributed by atoms with van der Waals surface area (Å²) < 4.78 is 13.1. The van der Waals surface area contributed by atoms with Crippen molar-refractivity contribution in [2.45, 2.75) is 0 Å². The molecule has 0 saturated heterocycles. The van der Waals surface area contributed by atoms with Gasteiger partial charge in [0, 0.05) is 27.0 Å². The van der Waals surface area contributed by atoms with Crippen LogP contribution in [0, 0.1) is 5.82 Å². The van der Waals surface area contributed by atoms with E-state index in [1.54, 1.807) is 12.1 Å². The second-order valence-corrected chi connectivity index (χ2v) is 6.02. The Morgan fingerprint density at radius 1 is 0.760 bits per heavy atom. The lowest BCUT2D eigenvalue weighted by Gasteiger charge is -2.11. The Morgan fingerprint density at radius 2 is 1.44 bits per heavy atom. The van der Waals surface area contributed by atoms with Gasteiger partial charge in [-0.15, -0.1) is 10.2 Å². The molecule has 4 rings (SSSR count). The normalized spacial score (nSPS) is 10.8. The number of hydrogen-bond acceptors (Lipinski definition) is 3. The highest BCUT2D eigenvalue weighted by Gasteiger charge is 2.11. The summed E-state index contributed by atoms with van der Waals surface area (Å²) in [7, 11) is 0. The van der Waals surface area contributed by atoms with Crippen LogP contribution in [0.3, 0.4) is 0 Å². The molecule has 1 heterocycles. The number of halogens is 2. The van der Waals surface area contributed by atoms with E-state index >= 15 is 0 Å². The molecule has 0 amide bonds. The van der Waals surface area contributed by atoms with Crippen LogP contribution >= 0.6 is 11.6 Å². The first-order valence-electron chi connectivity index (χ1n) is 7.75. The Bertz CT molecular complexity index is 1030. The van der Waals surface area contributed by atoms with Crippen molar-refractivity contribution in [3.8, 4) is 11.3 Å². The second kappa shape index (κ2) is 6.49. The van der Waals surface area contributed by atoms with E-state index < -0.39 is 0 Å². The molecule has 0 aliphatic heterocycles. The smallest absolute Gasteiger partial charge is 0.161 e. The van der Waals surface area contributed by atoms with E-state index in [-0.39, 0.29) is 5.82 Å². The molecule has 1 aromatic heterocycles. The predicted octanol–water partition coefficient (Wildman–Crippen LogP) is 5.83. The van der Waals surface area contributed by atoms with E-state index in [2.05, 4.69) is 15.5 Å². The minimum atomic E-state index is -0.278. The first kappa shape index (κ1) is 15.5. The summed E-state index contributed by atoms with van der Waals surface area (Å²) in [5, 5.41) is 14.5. The zero-order valence-electron chi connectivity index (χ0n) is 13.1. The predicted molar refractivity (Wildman–Crippen MR) is 99.7 cm³/mol. The molecule has 0 aliphatic rings. The Labute approximate surface area is 149 Å². The number of rotatable bonds is 3. The minimum absolute atomic E-state index is 0.278. The summed E-state index contributed by atoms with van der Waals surface area (Å²) in [6, 6.07) is 21.5. The van der Waals surface area contributed by atoms with E-state index in [0.29, 0.717) is 10.8 Å². The van der Waals surface area contributed by atoms with Crippen molar-refractivity contribution < 1.29 is 4.39 Å². The summed E-state index contributed by atoms with van der Waals surface area (Å²) in [4.78, 5) is 0. The molecule has 0 aliphatic carbocycles. The molecule has 0 spiro atoms. The zero-order chi connectivity index (χ0) is 17.2. The van der Waals surface area contributed by atoms with E-state index in [9.17, 15) is 4.39 Å². The first-order chi connectivity index (χ1) is 12.2. The topological polar surface area (TPSA) is 37.8 Å². The zero-order valence-corrected chi connectivity index (χ0v) is 13.8. The van der Waals surface area contributed by atoms with Crippen LogP contribution in [0.4, 0.5) is 15.9 Å². The van der Waals surface area contributed by atoms with Crippen molar-refractivity contribution in [3.63, 3.8) is 0 Å². The average molecular weight is 350 g/mol. The maximum Gasteiger partial charge on any atom is 0.161 e. The Morgan fingerprint density at radius 3 is 2.16 bits per heavy atom. The van der Waals surface area contributed by atoms with Crippen LogP contribution in [0.5, 0.6) is 0 Å². The monoisotopic (exact) mass is 349 g/mol. The van der Waals surface area contributed by atoms with Gasteiger partial charge in [0.15, 0.2) is 5.82 Å². The highest BCUT2D eigenvalue weighted by molar-refractivity contribution is 6.30. The first-order valence-corrected chi connectivity index (χ1v) is 8.12. The SMILES string of the molecule is Fc1ccc(Nc2nnc(-c3ccc(Cl)cc3)c3ccccc23)cc1. The third-order valence-corrected chi connectivity index (χ3v) is 4.16. The van der Waals surface area contributed by atoms with Gasteiger partial charge in [-0.1, -0.05) is 48.0 Å². The van der Waals surface area contributed by atoms with E-state index in [4.69, 9.17) is 11.6 Å². The highest BCUT2D eigenvalue weighted by atomic mass is 35.5. The van der Waals surface area contributed by atoms with Crippen molar-refractivity contribution in [2.24, 2.45) is 0 Å². The molecule has 5 heteroatoms. The summed E-state index contributed by atoms with van der Waals surface area (Å²) in [6.45, 7) is 0. The number of fused-ring (bicyclic) bond motifs is 1. The Kier molecular flexibility index (Phi) is 4.04. The number of hydrogen-bond donors (Lipinski definition) is 1. The van der Waals surface area contributed by atoms with Crippen molar-refractivity contribution in [2.75, 3.05) is 5.32 Å². The van der Waals surface area contributed by atoms with E-state index in [1.165, 1.54) is 12.1 Å². The van der Waals surface area contributed by atoms with Gasteiger partial charge in [0.25, 0.3) is 0 Å². The minimum Gasteiger partial charge on any atom is -0.338 e. The number of benzene rings is 3. The third kappa shape index (κ3) is 3.16. The fourth-order valence-electron chi connectivity index (χ4n) is 2.69. The molecule has 122 valence electrons. The molecular formula is C20H13ClFN3. The number of nitrogens with one attached hydrogen (secondary N) is 1. The van der Waals surface area contributed by atoms with Crippen molar-refractivity contribution in [3.05, 3.63) is 83.6 Å². The maximum absolute atomic E-state index is 13.1. The number of aromatic nitrogens is 2. The van der Waals surface area contributed by atoms with Gasteiger partial charge in [-0.3, -0.25) is 0 Å². The summed E-state index contributed by atoms with van der Waals surface area (Å²) in [5.41, 5.74) is 2.48. The molecule has 0 bridgehead atoms. The molecule has 0 radical (unpaired) electrons. The summed E-state index contributed by atoms with van der Waals surface area (Å²) in [5.74, 6) is 0.347. The summed E-state index contributed by atoms with van der Waals surface area (Å²) >= 11 is 5.97. The Hall–Kier alpha value is -2.98. The average Bonchev–Trinajstić information content (AvgIpc) is 2.65. The van der Waals surface area contributed by atoms with Gasteiger partial charge >= 0.3 is 0 Å². The van der Waals surface area contributed by atoms with Gasteiger partial charge in [-0.25, -0.2) is 4.39 Å². The molecule has 0 fully saturated rings. The van der Waals surface area contributed by atoms with Gasteiger partial charge in [-0.2, -0.15) is 0 Å². The molecule has 3 nitrogen and oxygen atoms in total. The third-order valence-electron chi connectivity index (χ3n) is 3.91. The lowest BCUT2D eigenvalue weighted by atomic mass is 10.0. The van der Waals surface area contributed by atoms with Gasteiger partial charge in [0.05, 0.1) is 0 Å². The lowest BCUT2D eigenvalue weighted by Crippen LogP contribution is -1.99. The van der Waals surface area contributed by atoms with E-state index in [1.807, 2.05) is 48.5 Å². The number of nitrogens with zero attached hydrogens (tertiary/aromatic N) is 2. The maximum atomic E-state index is 13.1. The fourth-order valence-corrected chi connectivity index (χ4v) is 2.81. The van der Waals surface area contributed by atoms with Crippen LogP contribution < -0.4 is 5.32 Å². The van der Waals surface area contributed by atoms with Crippen molar-refractivity contribution in [1.82, 2.24) is 10.2 Å². The molecule has 25 heavy (non-hydrogen) atoms. The van der Waals surface area contributed by atoms with Gasteiger partial charge in [0.2, 0.25) is 0 Å². The molecule has 0 unspecified atom stereocenters. The molecule has 4 aromatic rings. The molecule has 3 aromatic carbocycles. The quantitative estimate of drug-likeness (QED) is 0.505. The largest absolute Gasteiger partial charge is 0.338 e. The van der Waals surface area contributed by atoms with Crippen molar-refractivity contribution in [1.29, 1.82) is 0 Å². The van der Waals surface area contributed by atoms with Crippen LogP contribution in [0.25, 0.3) is 22.0 Å². The fraction of sp³-hybridized carbons (Fsp3) is 0. The standard InChI is InChI=1S/C20H13ClFN3/c21-14-7-5-13(6-8-14)19-17-3-1-2-4-18(17)20(25-24-19)23-16-11-9-15(22)10-12-16/h1-12H,(H,23,25). The van der Waals surface area contributed by atoms with Crippen LogP contribution in [-0.4, -0.2) is 10.2 Å². The molecule has 1 N–H and O–H groups in total. The summed E-state index contributed by atoms with van der Waals surface area (Å²) in [6.07, 6.45) is 0. The van der Waals surface area contributed by atoms with Crippen molar-refractivity contribution >= 4 is 33.9 Å². The van der Waals surface area contributed by atoms with E-state index in [0.717, 1.165) is 27.7 Å². The highest BCUT2D eigenvalue weighted by Crippen LogP contribution is 2.31. The van der Waals surface area contributed by atoms with Crippen LogP contribution in [0.1, 0.15) is 0 Å². The van der Waals surface area contributed by atoms with Crippen LogP contribution in [0.15, 0.2) is 72.8 Å². The second-order valence-electron chi connectivity index (χ2n) is 5.58. The van der Waals surface area contributed by atoms with Crippen LogP contribution in [0.2, 0.25) is 5.02 Å². The van der Waals surface area contributed by atoms with Gasteiger partial charge < -0.3 is 5.32 Å². The molecule has 0 saturated carbocycles. The van der Waals surface area contributed by atoms with Crippen LogP contribution in [-0.2, 0) is 0 Å². The van der Waals surface area contributed by atoms with Gasteiger partial charge in [0.1, 0.15) is 11.5 Å². The molecular weight excluding hydrogens is 337 g/mol. The Balaban J connectivity index is 1.81. The molecule has 0 atom stereocenters.